The van der Waals surface area contributed by atoms with E-state index in [-0.39, 0.29) is 17.8 Å². The Balaban J connectivity index is 2.18. The molecule has 0 spiro atoms. The van der Waals surface area contributed by atoms with Gasteiger partial charge >= 0.3 is 10.8 Å². The van der Waals surface area contributed by atoms with Crippen LogP contribution >= 0.6 is 11.3 Å². The molecule has 0 unspecified atom stereocenters. The fraction of sp³-hybridized carbons (Fsp3) is 0.231. The molecule has 0 aliphatic carbocycles. The van der Waals surface area contributed by atoms with Gasteiger partial charge in [-0.05, 0) is 5.56 Å². The Morgan fingerprint density at radius 2 is 2.00 bits per heavy atom. The van der Waals surface area contributed by atoms with Crippen LogP contribution in [-0.2, 0) is 17.8 Å². The summed E-state index contributed by atoms with van der Waals surface area (Å²) in [6.07, 6.45) is 0.623. The molecule has 1 heterocycles. The van der Waals surface area contributed by atoms with E-state index in [0.717, 1.165) is 22.6 Å². The van der Waals surface area contributed by atoms with Crippen LogP contribution in [0.3, 0.4) is 0 Å². The van der Waals surface area contributed by atoms with Crippen LogP contribution in [0.4, 0.5) is 0 Å². The highest BCUT2D eigenvalue weighted by atomic mass is 32.1. The van der Waals surface area contributed by atoms with Crippen molar-refractivity contribution in [3.63, 3.8) is 0 Å². The maximum Gasteiger partial charge on any atom is 0.307 e. The molecule has 1 aromatic heterocycles. The van der Waals surface area contributed by atoms with Crippen LogP contribution in [0, 0.1) is 0 Å². The van der Waals surface area contributed by atoms with Crippen molar-refractivity contribution in [3.8, 4) is 0 Å². The summed E-state index contributed by atoms with van der Waals surface area (Å²) in [5, 5.41) is 10.5. The SMILES string of the molecule is O=C(O)CCn1c(Cc2ccccc2)csc1=O. The van der Waals surface area contributed by atoms with Gasteiger partial charge in [-0.15, -0.1) is 0 Å². The molecule has 0 bridgehead atoms. The van der Waals surface area contributed by atoms with Gasteiger partial charge in [0.2, 0.25) is 0 Å². The molecule has 2 aromatic rings. The molecule has 1 N–H and O–H groups in total. The molecule has 0 aliphatic rings. The smallest absolute Gasteiger partial charge is 0.307 e. The molecule has 94 valence electrons. The summed E-state index contributed by atoms with van der Waals surface area (Å²) in [5.41, 5.74) is 1.98. The van der Waals surface area contributed by atoms with Gasteiger partial charge in [-0.25, -0.2) is 0 Å². The number of benzene rings is 1. The lowest BCUT2D eigenvalue weighted by Crippen LogP contribution is -2.18. The second kappa shape index (κ2) is 5.64. The van der Waals surface area contributed by atoms with Crippen molar-refractivity contribution < 1.29 is 9.90 Å². The van der Waals surface area contributed by atoms with Crippen LogP contribution in [0.2, 0.25) is 0 Å². The zero-order valence-corrected chi connectivity index (χ0v) is 10.5. The number of nitrogens with zero attached hydrogens (tertiary/aromatic N) is 1. The highest BCUT2D eigenvalue weighted by molar-refractivity contribution is 7.07. The molecule has 2 rings (SSSR count). The highest BCUT2D eigenvalue weighted by Crippen LogP contribution is 2.10. The third-order valence-electron chi connectivity index (χ3n) is 2.64. The third kappa shape index (κ3) is 3.07. The van der Waals surface area contributed by atoms with E-state index in [1.807, 2.05) is 30.3 Å². The quantitative estimate of drug-likeness (QED) is 0.897. The monoisotopic (exact) mass is 263 g/mol. The number of hydrogen-bond donors (Lipinski definition) is 1. The average Bonchev–Trinajstić information content (AvgIpc) is 2.69. The Kier molecular flexibility index (Phi) is 3.94. The summed E-state index contributed by atoms with van der Waals surface area (Å²) in [4.78, 5) is 22.1. The molecule has 0 fully saturated rings. The molecule has 4 nitrogen and oxygen atoms in total. The van der Waals surface area contributed by atoms with Crippen LogP contribution in [0.15, 0.2) is 40.5 Å². The summed E-state index contributed by atoms with van der Waals surface area (Å²) in [7, 11) is 0. The van der Waals surface area contributed by atoms with E-state index in [4.69, 9.17) is 5.11 Å². The normalized spacial score (nSPS) is 10.4. The molecule has 1 aromatic carbocycles. The largest absolute Gasteiger partial charge is 0.481 e. The third-order valence-corrected chi connectivity index (χ3v) is 3.45. The van der Waals surface area contributed by atoms with E-state index >= 15 is 0 Å². The van der Waals surface area contributed by atoms with Gasteiger partial charge in [-0.1, -0.05) is 41.7 Å². The first-order valence-corrected chi connectivity index (χ1v) is 6.47. The van der Waals surface area contributed by atoms with Gasteiger partial charge in [0.05, 0.1) is 6.42 Å². The minimum atomic E-state index is -0.890. The zero-order chi connectivity index (χ0) is 13.0. The van der Waals surface area contributed by atoms with Crippen LogP contribution in [-0.4, -0.2) is 15.6 Å². The molecular formula is C13H13NO3S. The molecule has 0 radical (unpaired) electrons. The number of rotatable bonds is 5. The molecule has 5 heteroatoms. The lowest BCUT2D eigenvalue weighted by Gasteiger charge is -2.06. The van der Waals surface area contributed by atoms with Crippen LogP contribution < -0.4 is 4.87 Å². The number of hydrogen-bond acceptors (Lipinski definition) is 3. The van der Waals surface area contributed by atoms with E-state index in [9.17, 15) is 9.59 Å². The van der Waals surface area contributed by atoms with Crippen LogP contribution in [0.5, 0.6) is 0 Å². The number of aromatic nitrogens is 1. The minimum Gasteiger partial charge on any atom is -0.481 e. The predicted molar refractivity (Wildman–Crippen MR) is 70.1 cm³/mol. The molecule has 0 saturated heterocycles. The Morgan fingerprint density at radius 1 is 1.28 bits per heavy atom. The first kappa shape index (κ1) is 12.6. The second-order valence-electron chi connectivity index (χ2n) is 3.95. The number of carbonyl (C=O) groups is 1. The molecule has 0 amide bonds. The fourth-order valence-corrected chi connectivity index (χ4v) is 2.53. The number of thiazole rings is 1. The van der Waals surface area contributed by atoms with Gasteiger partial charge in [-0.2, -0.15) is 0 Å². The lowest BCUT2D eigenvalue weighted by molar-refractivity contribution is -0.137. The standard InChI is InChI=1S/C13H13NO3S/c15-12(16)6-7-14-11(9-18-13(14)17)8-10-4-2-1-3-5-10/h1-5,9H,6-8H2,(H,15,16). The maximum atomic E-state index is 11.6. The van der Waals surface area contributed by atoms with Crippen LogP contribution in [0.25, 0.3) is 0 Å². The maximum absolute atomic E-state index is 11.6. The van der Waals surface area contributed by atoms with Gasteiger partial charge in [0.25, 0.3) is 0 Å². The predicted octanol–water partition coefficient (Wildman–Crippen LogP) is 1.98. The average molecular weight is 263 g/mol. The Hall–Kier alpha value is -1.88. The minimum absolute atomic E-state index is 0.0293. The van der Waals surface area contributed by atoms with Crippen molar-refractivity contribution in [1.29, 1.82) is 0 Å². The van der Waals surface area contributed by atoms with E-state index in [2.05, 4.69) is 0 Å². The Bertz CT molecular complexity index is 586. The van der Waals surface area contributed by atoms with Crippen molar-refractivity contribution in [2.75, 3.05) is 0 Å². The lowest BCUT2D eigenvalue weighted by atomic mass is 10.1. The number of carboxylic acid groups (broad SMARTS) is 1. The first-order valence-electron chi connectivity index (χ1n) is 5.60. The van der Waals surface area contributed by atoms with Gasteiger partial charge in [0, 0.05) is 24.0 Å². The topological polar surface area (TPSA) is 59.3 Å². The van der Waals surface area contributed by atoms with Gasteiger partial charge < -0.3 is 9.67 Å². The Labute approximate surface area is 108 Å². The van der Waals surface area contributed by atoms with E-state index in [1.165, 1.54) is 0 Å². The highest BCUT2D eigenvalue weighted by Gasteiger charge is 2.08. The van der Waals surface area contributed by atoms with Crippen LogP contribution in [0.1, 0.15) is 17.7 Å². The van der Waals surface area contributed by atoms with Gasteiger partial charge in [0.15, 0.2) is 0 Å². The first-order chi connectivity index (χ1) is 8.66. The molecule has 0 aliphatic heterocycles. The molecular weight excluding hydrogens is 250 g/mol. The summed E-state index contributed by atoms with van der Waals surface area (Å²) >= 11 is 1.12. The van der Waals surface area contributed by atoms with Crippen molar-refractivity contribution in [1.82, 2.24) is 4.57 Å². The fourth-order valence-electron chi connectivity index (χ4n) is 1.75. The Morgan fingerprint density at radius 3 is 2.67 bits per heavy atom. The van der Waals surface area contributed by atoms with Crippen molar-refractivity contribution in [2.45, 2.75) is 19.4 Å². The molecule has 0 atom stereocenters. The summed E-state index contributed by atoms with van der Waals surface area (Å²) < 4.78 is 1.55. The molecule has 0 saturated carbocycles. The van der Waals surface area contributed by atoms with Crippen molar-refractivity contribution >= 4 is 17.3 Å². The van der Waals surface area contributed by atoms with E-state index in [0.29, 0.717) is 6.42 Å². The zero-order valence-electron chi connectivity index (χ0n) is 9.70. The second-order valence-corrected chi connectivity index (χ2v) is 4.77. The van der Waals surface area contributed by atoms with Gasteiger partial charge in [-0.3, -0.25) is 9.59 Å². The number of aliphatic carboxylic acids is 1. The summed E-state index contributed by atoms with van der Waals surface area (Å²) in [6, 6.07) is 9.81. The van der Waals surface area contributed by atoms with Crippen molar-refractivity contribution in [2.24, 2.45) is 0 Å². The summed E-state index contributed by atoms with van der Waals surface area (Å²) in [5.74, 6) is -0.890. The number of carboxylic acids is 1. The van der Waals surface area contributed by atoms with E-state index in [1.54, 1.807) is 9.95 Å². The van der Waals surface area contributed by atoms with E-state index < -0.39 is 5.97 Å². The summed E-state index contributed by atoms with van der Waals surface area (Å²) in [6.45, 7) is 0.236. The van der Waals surface area contributed by atoms with Crippen molar-refractivity contribution in [3.05, 3.63) is 56.6 Å². The van der Waals surface area contributed by atoms with Gasteiger partial charge in [0.1, 0.15) is 0 Å². The molecule has 18 heavy (non-hydrogen) atoms.